The van der Waals surface area contributed by atoms with Gasteiger partial charge in [0.05, 0.1) is 11.4 Å². The number of carbonyl (C=O) groups is 1. The molecule has 0 fully saturated rings. The molecule has 2 aromatic heterocycles. The van der Waals surface area contributed by atoms with Crippen molar-refractivity contribution in [1.29, 1.82) is 0 Å². The molecule has 3 rings (SSSR count). The van der Waals surface area contributed by atoms with Gasteiger partial charge in [-0.15, -0.1) is 11.3 Å². The molecule has 0 unspecified atom stereocenters. The van der Waals surface area contributed by atoms with Crippen molar-refractivity contribution >= 4 is 27.3 Å². The van der Waals surface area contributed by atoms with Crippen molar-refractivity contribution in [1.82, 2.24) is 9.55 Å². The van der Waals surface area contributed by atoms with Crippen molar-refractivity contribution in [2.24, 2.45) is 5.92 Å². The first-order valence-electron chi connectivity index (χ1n) is 7.44. The van der Waals surface area contributed by atoms with E-state index in [1.54, 1.807) is 22.8 Å². The highest BCUT2D eigenvalue weighted by molar-refractivity contribution is 7.18. The van der Waals surface area contributed by atoms with Gasteiger partial charge in [0.25, 0.3) is 5.56 Å². The zero-order valence-corrected chi connectivity index (χ0v) is 13.7. The van der Waals surface area contributed by atoms with Crippen LogP contribution in [0.2, 0.25) is 0 Å². The fraction of sp³-hybridized carbons (Fsp3) is 0.562. The molecule has 0 amide bonds. The van der Waals surface area contributed by atoms with E-state index in [-0.39, 0.29) is 11.3 Å². The third kappa shape index (κ3) is 2.24. The summed E-state index contributed by atoms with van der Waals surface area (Å²) in [5.41, 5.74) is 1.13. The molecule has 21 heavy (non-hydrogen) atoms. The van der Waals surface area contributed by atoms with Gasteiger partial charge in [-0.05, 0) is 51.5 Å². The number of rotatable bonds is 2. The van der Waals surface area contributed by atoms with Crippen LogP contribution in [0.25, 0.3) is 10.2 Å². The van der Waals surface area contributed by atoms with Gasteiger partial charge >= 0.3 is 0 Å². The van der Waals surface area contributed by atoms with Gasteiger partial charge < -0.3 is 0 Å². The monoisotopic (exact) mass is 304 g/mol. The van der Waals surface area contributed by atoms with Crippen LogP contribution in [0, 0.1) is 12.8 Å². The SMILES string of the molecule is CC(=O)[C@@H](C)n1c(C)nc2sc3c(c2c1=O)CC[C@H](C)C3. The maximum absolute atomic E-state index is 12.9. The van der Waals surface area contributed by atoms with Gasteiger partial charge in [-0.1, -0.05) is 6.92 Å². The molecule has 4 nitrogen and oxygen atoms in total. The second kappa shape index (κ2) is 5.05. The molecule has 0 radical (unpaired) electrons. The first kappa shape index (κ1) is 14.4. The van der Waals surface area contributed by atoms with E-state index in [9.17, 15) is 9.59 Å². The van der Waals surface area contributed by atoms with Crippen LogP contribution >= 0.6 is 11.3 Å². The average Bonchev–Trinajstić information content (AvgIpc) is 2.75. The Morgan fingerprint density at radius 1 is 1.48 bits per heavy atom. The predicted molar refractivity (Wildman–Crippen MR) is 85.2 cm³/mol. The fourth-order valence-electron chi connectivity index (χ4n) is 3.14. The number of fused-ring (bicyclic) bond motifs is 3. The van der Waals surface area contributed by atoms with Crippen LogP contribution in [-0.4, -0.2) is 15.3 Å². The fourth-order valence-corrected chi connectivity index (χ4v) is 4.56. The highest BCUT2D eigenvalue weighted by Crippen LogP contribution is 2.36. The molecule has 0 aliphatic heterocycles. The predicted octanol–water partition coefficient (Wildman–Crippen LogP) is 3.04. The van der Waals surface area contributed by atoms with E-state index in [4.69, 9.17) is 0 Å². The summed E-state index contributed by atoms with van der Waals surface area (Å²) < 4.78 is 1.55. The zero-order chi connectivity index (χ0) is 15.3. The first-order valence-corrected chi connectivity index (χ1v) is 8.25. The number of thiophene rings is 1. The van der Waals surface area contributed by atoms with Crippen molar-refractivity contribution in [3.63, 3.8) is 0 Å². The van der Waals surface area contributed by atoms with Crippen LogP contribution in [0.5, 0.6) is 0 Å². The van der Waals surface area contributed by atoms with Crippen LogP contribution < -0.4 is 5.56 Å². The molecule has 5 heteroatoms. The smallest absolute Gasteiger partial charge is 0.263 e. The average molecular weight is 304 g/mol. The van der Waals surface area contributed by atoms with Crippen LogP contribution in [0.1, 0.15) is 49.5 Å². The Morgan fingerprint density at radius 3 is 2.86 bits per heavy atom. The quantitative estimate of drug-likeness (QED) is 0.857. The van der Waals surface area contributed by atoms with Crippen LogP contribution in [0.4, 0.5) is 0 Å². The topological polar surface area (TPSA) is 52.0 Å². The normalized spacial score (nSPS) is 19.5. The van der Waals surface area contributed by atoms with Crippen molar-refractivity contribution in [3.05, 3.63) is 26.6 Å². The van der Waals surface area contributed by atoms with Crippen molar-refractivity contribution in [2.45, 2.75) is 53.0 Å². The maximum atomic E-state index is 12.9. The van der Waals surface area contributed by atoms with Gasteiger partial charge in [0.2, 0.25) is 0 Å². The lowest BCUT2D eigenvalue weighted by atomic mass is 9.89. The van der Waals surface area contributed by atoms with Gasteiger partial charge in [0.15, 0.2) is 5.78 Å². The Labute approximate surface area is 127 Å². The molecule has 0 N–H and O–H groups in total. The zero-order valence-electron chi connectivity index (χ0n) is 12.9. The number of hydrogen-bond acceptors (Lipinski definition) is 4. The number of aryl methyl sites for hydroxylation is 2. The van der Waals surface area contributed by atoms with Crippen molar-refractivity contribution in [2.75, 3.05) is 0 Å². The van der Waals surface area contributed by atoms with E-state index in [0.29, 0.717) is 11.7 Å². The van der Waals surface area contributed by atoms with E-state index in [0.717, 1.165) is 29.5 Å². The third-order valence-electron chi connectivity index (χ3n) is 4.51. The third-order valence-corrected chi connectivity index (χ3v) is 5.66. The Balaban J connectivity index is 2.29. The van der Waals surface area contributed by atoms with E-state index in [1.807, 2.05) is 6.92 Å². The van der Waals surface area contributed by atoms with Gasteiger partial charge in [0, 0.05) is 4.88 Å². The summed E-state index contributed by atoms with van der Waals surface area (Å²) in [6, 6.07) is -0.451. The van der Waals surface area contributed by atoms with Gasteiger partial charge in [-0.3, -0.25) is 14.2 Å². The number of nitrogens with zero attached hydrogens (tertiary/aromatic N) is 2. The summed E-state index contributed by atoms with van der Waals surface area (Å²) in [4.78, 5) is 31.3. The van der Waals surface area contributed by atoms with Gasteiger partial charge in [-0.2, -0.15) is 0 Å². The molecule has 1 aliphatic carbocycles. The van der Waals surface area contributed by atoms with E-state index in [1.165, 1.54) is 17.4 Å². The van der Waals surface area contributed by atoms with E-state index in [2.05, 4.69) is 11.9 Å². The van der Waals surface area contributed by atoms with E-state index < -0.39 is 6.04 Å². The lowest BCUT2D eigenvalue weighted by Gasteiger charge is -2.18. The van der Waals surface area contributed by atoms with Gasteiger partial charge in [-0.25, -0.2) is 4.98 Å². The second-order valence-electron chi connectivity index (χ2n) is 6.15. The summed E-state index contributed by atoms with van der Waals surface area (Å²) in [5, 5.41) is 0.751. The summed E-state index contributed by atoms with van der Waals surface area (Å²) in [6.45, 7) is 7.35. The van der Waals surface area contributed by atoms with Crippen molar-refractivity contribution < 1.29 is 4.79 Å². The number of carbonyl (C=O) groups excluding carboxylic acids is 1. The highest BCUT2D eigenvalue weighted by Gasteiger charge is 2.25. The number of ketones is 1. The largest absolute Gasteiger partial charge is 0.298 e. The molecular formula is C16H20N2O2S. The molecule has 2 atom stereocenters. The molecule has 0 bridgehead atoms. The molecule has 0 spiro atoms. The lowest BCUT2D eigenvalue weighted by molar-refractivity contribution is -0.119. The summed E-state index contributed by atoms with van der Waals surface area (Å²) in [6.07, 6.45) is 3.11. The minimum Gasteiger partial charge on any atom is -0.298 e. The summed E-state index contributed by atoms with van der Waals surface area (Å²) in [5.74, 6) is 1.28. The lowest BCUT2D eigenvalue weighted by Crippen LogP contribution is -2.30. The molecule has 0 aromatic carbocycles. The molecule has 0 saturated heterocycles. The van der Waals surface area contributed by atoms with Crippen molar-refractivity contribution in [3.8, 4) is 0 Å². The first-order chi connectivity index (χ1) is 9.90. The van der Waals surface area contributed by atoms with E-state index >= 15 is 0 Å². The Hall–Kier alpha value is -1.49. The number of hydrogen-bond donors (Lipinski definition) is 0. The molecule has 2 heterocycles. The molecule has 2 aromatic rings. The minimum absolute atomic E-state index is 0.0148. The Bertz CT molecular complexity index is 788. The second-order valence-corrected chi connectivity index (χ2v) is 7.24. The molecule has 1 aliphatic rings. The number of Topliss-reactive ketones (excluding diaryl/α,β-unsaturated/α-hetero) is 1. The Morgan fingerprint density at radius 2 is 2.19 bits per heavy atom. The molecular weight excluding hydrogens is 284 g/mol. The summed E-state index contributed by atoms with van der Waals surface area (Å²) >= 11 is 1.65. The maximum Gasteiger partial charge on any atom is 0.263 e. The van der Waals surface area contributed by atoms with Crippen LogP contribution in [-0.2, 0) is 17.6 Å². The molecule has 112 valence electrons. The summed E-state index contributed by atoms with van der Waals surface area (Å²) in [7, 11) is 0. The minimum atomic E-state index is -0.451. The van der Waals surface area contributed by atoms with Crippen LogP contribution in [0.3, 0.4) is 0 Å². The Kier molecular flexibility index (Phi) is 3.48. The molecule has 0 saturated carbocycles. The highest BCUT2D eigenvalue weighted by atomic mass is 32.1. The van der Waals surface area contributed by atoms with Gasteiger partial charge in [0.1, 0.15) is 10.7 Å². The number of aromatic nitrogens is 2. The standard InChI is InChI=1S/C16H20N2O2S/c1-8-5-6-12-13(7-8)21-15-14(12)16(20)18(11(4)17-15)9(2)10(3)19/h8-9H,5-7H2,1-4H3/t8-,9+/m0/s1. The van der Waals surface area contributed by atoms with Crippen LogP contribution in [0.15, 0.2) is 4.79 Å².